The topological polar surface area (TPSA) is 66.4 Å². The number of hydrogen-bond acceptors (Lipinski definition) is 4. The van der Waals surface area contributed by atoms with E-state index in [9.17, 15) is 4.79 Å². The molecule has 3 rings (SSSR count). The number of benzene rings is 1. The molecule has 7 nitrogen and oxygen atoms in total. The van der Waals surface area contributed by atoms with Crippen LogP contribution in [0, 0.1) is 0 Å². The number of ether oxygens (including phenoxy) is 2. The highest BCUT2D eigenvalue weighted by Gasteiger charge is 2.30. The monoisotopic (exact) mass is 388 g/mol. The molecule has 1 aromatic carbocycles. The molecule has 7 heteroatoms. The van der Waals surface area contributed by atoms with Crippen LogP contribution in [0.15, 0.2) is 29.3 Å². The van der Waals surface area contributed by atoms with Gasteiger partial charge in [0.25, 0.3) is 5.91 Å². The van der Waals surface area contributed by atoms with Gasteiger partial charge >= 0.3 is 0 Å². The summed E-state index contributed by atoms with van der Waals surface area (Å²) in [5, 5.41) is 3.43. The molecule has 2 heterocycles. The van der Waals surface area contributed by atoms with E-state index in [0.29, 0.717) is 26.2 Å². The van der Waals surface area contributed by atoms with Crippen LogP contribution in [0.5, 0.6) is 5.75 Å². The predicted molar refractivity (Wildman–Crippen MR) is 110 cm³/mol. The van der Waals surface area contributed by atoms with Gasteiger partial charge in [-0.3, -0.25) is 9.79 Å². The fourth-order valence-electron chi connectivity index (χ4n) is 3.59. The lowest BCUT2D eigenvalue weighted by molar-refractivity contribution is -0.142. The lowest BCUT2D eigenvalue weighted by Gasteiger charge is -2.37. The Bertz CT molecular complexity index is 665. The van der Waals surface area contributed by atoms with Gasteiger partial charge in [-0.15, -0.1) is 0 Å². The maximum Gasteiger partial charge on any atom is 0.251 e. The third-order valence-corrected chi connectivity index (χ3v) is 5.13. The smallest absolute Gasteiger partial charge is 0.251 e. The van der Waals surface area contributed by atoms with E-state index in [1.807, 2.05) is 17.0 Å². The molecule has 1 aromatic rings. The van der Waals surface area contributed by atoms with Gasteiger partial charge in [0.15, 0.2) is 5.96 Å². The number of rotatable bonds is 6. The summed E-state index contributed by atoms with van der Waals surface area (Å²) in [7, 11) is 1.80. The zero-order valence-corrected chi connectivity index (χ0v) is 17.0. The molecule has 0 aromatic heterocycles. The van der Waals surface area contributed by atoms with Gasteiger partial charge in [0.05, 0.1) is 6.61 Å². The first-order valence-electron chi connectivity index (χ1n) is 10.3. The summed E-state index contributed by atoms with van der Waals surface area (Å²) in [6.45, 7) is 7.19. The highest BCUT2D eigenvalue weighted by atomic mass is 16.5. The van der Waals surface area contributed by atoms with E-state index in [-0.39, 0.29) is 12.0 Å². The molecule has 0 aliphatic carbocycles. The second kappa shape index (κ2) is 10.3. The Balaban J connectivity index is 1.48. The van der Waals surface area contributed by atoms with E-state index in [2.05, 4.69) is 34.3 Å². The zero-order chi connectivity index (χ0) is 19.8. The van der Waals surface area contributed by atoms with Crippen molar-refractivity contribution in [3.05, 3.63) is 29.8 Å². The fourth-order valence-corrected chi connectivity index (χ4v) is 3.59. The SMILES string of the molecule is CCCOc1cccc(CNC(=NC)N2CCN(C(=O)C3CCCO3)CC2)c1. The van der Waals surface area contributed by atoms with Gasteiger partial charge in [-0.1, -0.05) is 19.1 Å². The van der Waals surface area contributed by atoms with E-state index >= 15 is 0 Å². The number of nitrogens with one attached hydrogen (secondary N) is 1. The van der Waals surface area contributed by atoms with Crippen molar-refractivity contribution in [3.8, 4) is 5.75 Å². The summed E-state index contributed by atoms with van der Waals surface area (Å²) in [4.78, 5) is 21.0. The molecule has 1 unspecified atom stereocenters. The van der Waals surface area contributed by atoms with Gasteiger partial charge in [0, 0.05) is 46.4 Å². The molecule has 28 heavy (non-hydrogen) atoms. The summed E-state index contributed by atoms with van der Waals surface area (Å²) < 4.78 is 11.2. The second-order valence-electron chi connectivity index (χ2n) is 7.21. The Morgan fingerprint density at radius 3 is 2.75 bits per heavy atom. The average Bonchev–Trinajstić information content (AvgIpc) is 3.28. The maximum atomic E-state index is 12.5. The molecular weight excluding hydrogens is 356 g/mol. The highest BCUT2D eigenvalue weighted by molar-refractivity contribution is 5.82. The lowest BCUT2D eigenvalue weighted by Crippen LogP contribution is -2.55. The maximum absolute atomic E-state index is 12.5. The van der Waals surface area contributed by atoms with Gasteiger partial charge in [-0.25, -0.2) is 0 Å². The molecule has 2 saturated heterocycles. The lowest BCUT2D eigenvalue weighted by atomic mass is 10.2. The third kappa shape index (κ3) is 5.38. The number of piperazine rings is 1. The number of hydrogen-bond donors (Lipinski definition) is 1. The second-order valence-corrected chi connectivity index (χ2v) is 7.21. The first-order chi connectivity index (χ1) is 13.7. The van der Waals surface area contributed by atoms with Crippen molar-refractivity contribution >= 4 is 11.9 Å². The molecule has 1 amide bonds. The highest BCUT2D eigenvalue weighted by Crippen LogP contribution is 2.16. The van der Waals surface area contributed by atoms with Crippen LogP contribution in [-0.4, -0.2) is 74.2 Å². The fraction of sp³-hybridized carbons (Fsp3) is 0.619. The van der Waals surface area contributed by atoms with E-state index < -0.39 is 0 Å². The minimum Gasteiger partial charge on any atom is -0.494 e. The summed E-state index contributed by atoms with van der Waals surface area (Å²) in [6.07, 6.45) is 2.60. The predicted octanol–water partition coefficient (Wildman–Crippen LogP) is 1.87. The van der Waals surface area contributed by atoms with Crippen LogP contribution in [0.3, 0.4) is 0 Å². The largest absolute Gasteiger partial charge is 0.494 e. The summed E-state index contributed by atoms with van der Waals surface area (Å²) in [6, 6.07) is 8.14. The van der Waals surface area contributed by atoms with Crippen molar-refractivity contribution < 1.29 is 14.3 Å². The van der Waals surface area contributed by atoms with Crippen molar-refractivity contribution in [3.63, 3.8) is 0 Å². The number of carbonyl (C=O) groups excluding carboxylic acids is 1. The van der Waals surface area contributed by atoms with Crippen molar-refractivity contribution in [1.82, 2.24) is 15.1 Å². The van der Waals surface area contributed by atoms with Crippen LogP contribution < -0.4 is 10.1 Å². The molecule has 0 spiro atoms. The molecule has 0 bridgehead atoms. The number of carbonyl (C=O) groups is 1. The first-order valence-corrected chi connectivity index (χ1v) is 10.3. The quantitative estimate of drug-likeness (QED) is 0.595. The molecule has 154 valence electrons. The number of guanidine groups is 1. The standard InChI is InChI=1S/C21H32N4O3/c1-3-13-27-18-7-4-6-17(15-18)16-23-21(22-2)25-11-9-24(10-12-25)20(26)19-8-5-14-28-19/h4,6-7,15,19H,3,5,8-14,16H2,1-2H3,(H,22,23). The van der Waals surface area contributed by atoms with Gasteiger partial charge in [0.1, 0.15) is 11.9 Å². The number of amides is 1. The Morgan fingerprint density at radius 2 is 2.07 bits per heavy atom. The summed E-state index contributed by atoms with van der Waals surface area (Å²) in [5.41, 5.74) is 1.15. The van der Waals surface area contributed by atoms with Crippen LogP contribution in [0.1, 0.15) is 31.7 Å². The van der Waals surface area contributed by atoms with Gasteiger partial charge in [-0.2, -0.15) is 0 Å². The Kier molecular flexibility index (Phi) is 7.54. The molecule has 1 atom stereocenters. The number of nitrogens with zero attached hydrogens (tertiary/aromatic N) is 3. The van der Waals surface area contributed by atoms with Gasteiger partial charge in [-0.05, 0) is 37.0 Å². The molecular formula is C21H32N4O3. The molecule has 2 aliphatic rings. The normalized spacial score (nSPS) is 20.4. The Labute approximate surface area is 167 Å². The van der Waals surface area contributed by atoms with Crippen LogP contribution in [0.2, 0.25) is 0 Å². The molecule has 2 aliphatic heterocycles. The van der Waals surface area contributed by atoms with Crippen LogP contribution >= 0.6 is 0 Å². The minimum absolute atomic E-state index is 0.143. The Morgan fingerprint density at radius 1 is 1.29 bits per heavy atom. The number of aliphatic imine (C=N–C) groups is 1. The minimum atomic E-state index is -0.230. The van der Waals surface area contributed by atoms with Crippen molar-refractivity contribution in [2.45, 2.75) is 38.8 Å². The molecule has 0 radical (unpaired) electrons. The molecule has 1 N–H and O–H groups in total. The van der Waals surface area contributed by atoms with Crippen LogP contribution in [-0.2, 0) is 16.1 Å². The van der Waals surface area contributed by atoms with Crippen molar-refractivity contribution in [2.75, 3.05) is 46.4 Å². The Hall–Kier alpha value is -2.28. The summed E-state index contributed by atoms with van der Waals surface area (Å²) >= 11 is 0. The third-order valence-electron chi connectivity index (χ3n) is 5.13. The van der Waals surface area contributed by atoms with E-state index in [4.69, 9.17) is 9.47 Å². The van der Waals surface area contributed by atoms with Crippen molar-refractivity contribution in [2.24, 2.45) is 4.99 Å². The van der Waals surface area contributed by atoms with E-state index in [1.165, 1.54) is 0 Å². The van der Waals surface area contributed by atoms with Crippen LogP contribution in [0.4, 0.5) is 0 Å². The van der Waals surface area contributed by atoms with E-state index in [0.717, 1.165) is 56.2 Å². The van der Waals surface area contributed by atoms with Crippen molar-refractivity contribution in [1.29, 1.82) is 0 Å². The van der Waals surface area contributed by atoms with Gasteiger partial charge in [0.2, 0.25) is 0 Å². The van der Waals surface area contributed by atoms with Crippen LogP contribution in [0.25, 0.3) is 0 Å². The van der Waals surface area contributed by atoms with Gasteiger partial charge < -0.3 is 24.6 Å². The average molecular weight is 389 g/mol. The zero-order valence-electron chi connectivity index (χ0n) is 17.0. The molecule has 2 fully saturated rings. The van der Waals surface area contributed by atoms with E-state index in [1.54, 1.807) is 7.05 Å². The summed E-state index contributed by atoms with van der Waals surface area (Å²) in [5.74, 6) is 1.91. The molecule has 0 saturated carbocycles. The first kappa shape index (κ1) is 20.5.